The zero-order valence-electron chi connectivity index (χ0n) is 23.5. The Kier molecular flexibility index (Phi) is 12.8. The summed E-state index contributed by atoms with van der Waals surface area (Å²) >= 11 is 0. The topological polar surface area (TPSA) is 98.8 Å². The van der Waals surface area contributed by atoms with Gasteiger partial charge >= 0.3 is 5.97 Å². The number of nitrogens with one attached hydrogen (secondary N) is 1. The summed E-state index contributed by atoms with van der Waals surface area (Å²) < 4.78 is 78.3. The second-order valence-corrected chi connectivity index (χ2v) is 11.1. The molecule has 224 valence electrons. The number of rotatable bonds is 16. The number of esters is 1. The van der Waals surface area contributed by atoms with Crippen LogP contribution in [0.4, 0.5) is 13.2 Å². The molecule has 0 radical (unpaired) electrons. The summed E-state index contributed by atoms with van der Waals surface area (Å²) in [4.78, 5) is 25.5. The molecular formula is C30H36F3NO6S. The summed E-state index contributed by atoms with van der Waals surface area (Å²) in [6, 6.07) is 3.32. The lowest BCUT2D eigenvalue weighted by Gasteiger charge is -2.24. The van der Waals surface area contributed by atoms with Crippen LogP contribution in [0.3, 0.4) is 0 Å². The lowest BCUT2D eigenvalue weighted by Crippen LogP contribution is -2.40. The molecular weight excluding hydrogens is 559 g/mol. The highest BCUT2D eigenvalue weighted by Crippen LogP contribution is 2.34. The van der Waals surface area contributed by atoms with Gasteiger partial charge in [0.1, 0.15) is 17.5 Å². The molecule has 1 amide bonds. The lowest BCUT2D eigenvalue weighted by atomic mass is 9.90. The third-order valence-electron chi connectivity index (χ3n) is 6.14. The normalized spacial score (nSPS) is 12.8. The van der Waals surface area contributed by atoms with Gasteiger partial charge in [0.15, 0.2) is 6.10 Å². The summed E-state index contributed by atoms with van der Waals surface area (Å²) in [7, 11) is -4.06. The molecule has 0 aromatic heterocycles. The summed E-state index contributed by atoms with van der Waals surface area (Å²) in [5.41, 5.74) is 0.576. The zero-order chi connectivity index (χ0) is 30.7. The van der Waals surface area contributed by atoms with Crippen LogP contribution < -0.4 is 5.32 Å². The van der Waals surface area contributed by atoms with Crippen molar-refractivity contribution in [1.29, 1.82) is 0 Å². The fraction of sp³-hybridized carbons (Fsp3) is 0.400. The maximum absolute atomic E-state index is 15.6. The van der Waals surface area contributed by atoms with E-state index in [0.29, 0.717) is 18.4 Å². The van der Waals surface area contributed by atoms with Crippen molar-refractivity contribution in [3.63, 3.8) is 0 Å². The van der Waals surface area contributed by atoms with Gasteiger partial charge in [-0.25, -0.2) is 13.2 Å². The minimum Gasteiger partial charge on any atom is -0.466 e. The minimum atomic E-state index is -4.06. The molecule has 1 N–H and O–H groups in total. The summed E-state index contributed by atoms with van der Waals surface area (Å²) in [6.45, 7) is 10.2. The Labute approximate surface area is 239 Å². The average molecular weight is 596 g/mol. The van der Waals surface area contributed by atoms with Crippen molar-refractivity contribution in [3.05, 3.63) is 83.7 Å². The SMILES string of the molecule is C=CCCCCc1cc(F)cc(F)c1-c1cc(C)c(F)c([C@H](CC(=O)OCC)NC(=O)[C@@H](CC=C)OS(C)(=O)=O)c1. The van der Waals surface area contributed by atoms with Crippen molar-refractivity contribution < 1.29 is 40.1 Å². The highest BCUT2D eigenvalue weighted by molar-refractivity contribution is 7.86. The molecule has 41 heavy (non-hydrogen) atoms. The van der Waals surface area contributed by atoms with Gasteiger partial charge in [0.05, 0.1) is 25.3 Å². The molecule has 0 aliphatic heterocycles. The van der Waals surface area contributed by atoms with Crippen LogP contribution in [-0.4, -0.2) is 39.3 Å². The predicted octanol–water partition coefficient (Wildman–Crippen LogP) is 6.01. The molecule has 11 heteroatoms. The molecule has 0 bridgehead atoms. The minimum absolute atomic E-state index is 0.0212. The number of hydrogen-bond acceptors (Lipinski definition) is 6. The maximum atomic E-state index is 15.6. The first-order chi connectivity index (χ1) is 19.3. The van der Waals surface area contributed by atoms with Crippen molar-refractivity contribution in [1.82, 2.24) is 5.32 Å². The number of allylic oxidation sites excluding steroid dienone is 1. The van der Waals surface area contributed by atoms with E-state index in [4.69, 9.17) is 8.92 Å². The van der Waals surface area contributed by atoms with Gasteiger partial charge < -0.3 is 10.1 Å². The Hall–Kier alpha value is -3.44. The van der Waals surface area contributed by atoms with E-state index in [2.05, 4.69) is 18.5 Å². The van der Waals surface area contributed by atoms with Crippen molar-refractivity contribution in [2.75, 3.05) is 12.9 Å². The summed E-state index contributed by atoms with van der Waals surface area (Å²) in [5.74, 6) is -4.08. The van der Waals surface area contributed by atoms with Gasteiger partial charge in [-0.05, 0) is 74.4 Å². The van der Waals surface area contributed by atoms with Crippen LogP contribution in [0, 0.1) is 24.4 Å². The fourth-order valence-corrected chi connectivity index (χ4v) is 4.98. The first kappa shape index (κ1) is 33.8. The highest BCUT2D eigenvalue weighted by atomic mass is 32.2. The number of halogens is 3. The zero-order valence-corrected chi connectivity index (χ0v) is 24.3. The van der Waals surface area contributed by atoms with Gasteiger partial charge in [0.2, 0.25) is 0 Å². The van der Waals surface area contributed by atoms with Crippen molar-refractivity contribution in [2.45, 2.75) is 64.5 Å². The second-order valence-electron chi connectivity index (χ2n) is 9.54. The molecule has 0 spiro atoms. The number of unbranched alkanes of at least 4 members (excludes halogenated alkanes) is 2. The lowest BCUT2D eigenvalue weighted by molar-refractivity contribution is -0.144. The molecule has 2 aromatic rings. The first-order valence-electron chi connectivity index (χ1n) is 13.2. The second kappa shape index (κ2) is 15.5. The van der Waals surface area contributed by atoms with Crippen LogP contribution in [0.25, 0.3) is 11.1 Å². The van der Waals surface area contributed by atoms with E-state index in [1.54, 1.807) is 13.0 Å². The molecule has 2 rings (SSSR count). The Balaban J connectivity index is 2.63. The monoisotopic (exact) mass is 595 g/mol. The van der Waals surface area contributed by atoms with Gasteiger partial charge in [-0.2, -0.15) is 8.42 Å². The Bertz CT molecular complexity index is 1380. The predicted molar refractivity (Wildman–Crippen MR) is 151 cm³/mol. The number of carbonyl (C=O) groups is 2. The molecule has 0 saturated heterocycles. The number of carbonyl (C=O) groups excluding carboxylic acids is 2. The van der Waals surface area contributed by atoms with Crippen LogP contribution in [0.5, 0.6) is 0 Å². The van der Waals surface area contributed by atoms with Gasteiger partial charge in [0.25, 0.3) is 16.0 Å². The highest BCUT2D eigenvalue weighted by Gasteiger charge is 2.29. The molecule has 0 fully saturated rings. The molecule has 7 nitrogen and oxygen atoms in total. The third kappa shape index (κ3) is 10.2. The number of ether oxygens (including phenoxy) is 1. The van der Waals surface area contributed by atoms with Crippen molar-refractivity contribution in [2.24, 2.45) is 0 Å². The van der Waals surface area contributed by atoms with E-state index in [1.807, 2.05) is 0 Å². The molecule has 2 atom stereocenters. The van der Waals surface area contributed by atoms with Crippen molar-refractivity contribution >= 4 is 22.0 Å². The molecule has 0 aliphatic rings. The quantitative estimate of drug-likeness (QED) is 0.111. The van der Waals surface area contributed by atoms with E-state index < -0.39 is 58.0 Å². The number of aryl methyl sites for hydroxylation is 2. The summed E-state index contributed by atoms with van der Waals surface area (Å²) in [6.07, 6.45) is 4.02. The van der Waals surface area contributed by atoms with Crippen LogP contribution in [-0.2, 0) is 35.0 Å². The van der Waals surface area contributed by atoms with Crippen LogP contribution in [0.15, 0.2) is 49.6 Å². The first-order valence-corrected chi connectivity index (χ1v) is 15.0. The molecule has 0 saturated carbocycles. The molecule has 2 aromatic carbocycles. The Morgan fingerprint density at radius 3 is 2.39 bits per heavy atom. The standard InChI is InChI=1S/C30H36F3NO6S/c1-6-9-10-11-13-20-15-22(31)17-24(32)28(20)21-14-19(4)29(33)23(16-21)25(18-27(35)39-8-3)34-30(36)26(12-7-2)40-41(5,37)38/h6-7,14-17,25-26H,1-2,8-13,18H2,3-5H3,(H,34,36)/t25-,26+/m0/s1. The number of amides is 1. The van der Waals surface area contributed by atoms with Crippen LogP contribution in [0.1, 0.15) is 61.8 Å². The molecule has 0 aliphatic carbocycles. The molecule has 0 heterocycles. The number of hydrogen-bond donors (Lipinski definition) is 1. The fourth-order valence-electron chi connectivity index (χ4n) is 4.39. The summed E-state index contributed by atoms with van der Waals surface area (Å²) in [5, 5.41) is 2.48. The Morgan fingerprint density at radius 1 is 1.07 bits per heavy atom. The van der Waals surface area contributed by atoms with Gasteiger partial charge in [-0.15, -0.1) is 13.2 Å². The third-order valence-corrected chi connectivity index (χ3v) is 6.73. The van der Waals surface area contributed by atoms with Crippen molar-refractivity contribution in [3.8, 4) is 11.1 Å². The van der Waals surface area contributed by atoms with E-state index in [-0.39, 0.29) is 35.3 Å². The van der Waals surface area contributed by atoms with E-state index >= 15 is 8.78 Å². The maximum Gasteiger partial charge on any atom is 0.308 e. The number of benzene rings is 2. The average Bonchev–Trinajstić information content (AvgIpc) is 2.86. The Morgan fingerprint density at radius 2 is 1.78 bits per heavy atom. The molecule has 0 unspecified atom stereocenters. The van der Waals surface area contributed by atoms with E-state index in [1.165, 1.54) is 31.2 Å². The smallest absolute Gasteiger partial charge is 0.308 e. The largest absolute Gasteiger partial charge is 0.466 e. The van der Waals surface area contributed by atoms with Crippen LogP contribution in [0.2, 0.25) is 0 Å². The van der Waals surface area contributed by atoms with Gasteiger partial charge in [0, 0.05) is 23.6 Å². The van der Waals surface area contributed by atoms with Gasteiger partial charge in [-0.3, -0.25) is 13.8 Å². The van der Waals surface area contributed by atoms with E-state index in [0.717, 1.165) is 25.2 Å². The van der Waals surface area contributed by atoms with E-state index in [9.17, 15) is 22.4 Å². The van der Waals surface area contributed by atoms with Gasteiger partial charge in [-0.1, -0.05) is 12.2 Å². The van der Waals surface area contributed by atoms with Crippen LogP contribution >= 0.6 is 0 Å².